The highest BCUT2D eigenvalue weighted by Gasteiger charge is 2.34. The maximum Gasteiger partial charge on any atom is 0.241 e. The van der Waals surface area contributed by atoms with E-state index < -0.39 is 0 Å². The third-order valence-corrected chi connectivity index (χ3v) is 4.96. The van der Waals surface area contributed by atoms with Gasteiger partial charge in [-0.1, -0.05) is 53.2 Å². The summed E-state index contributed by atoms with van der Waals surface area (Å²) in [7, 11) is 0. The Bertz CT molecular complexity index is 886. The summed E-state index contributed by atoms with van der Waals surface area (Å²) in [5.41, 5.74) is 2.83. The normalized spacial score (nSPS) is 15.4. The van der Waals surface area contributed by atoms with Crippen LogP contribution in [0.25, 0.3) is 11.4 Å². The highest BCUT2D eigenvalue weighted by Crippen LogP contribution is 2.36. The van der Waals surface area contributed by atoms with Crippen molar-refractivity contribution in [2.45, 2.75) is 45.3 Å². The molecule has 1 aliphatic carbocycles. The summed E-state index contributed by atoms with van der Waals surface area (Å²) in [5, 5.41) is 4.11. The fourth-order valence-electron chi connectivity index (χ4n) is 3.28. The van der Waals surface area contributed by atoms with Crippen LogP contribution in [-0.4, -0.2) is 21.1 Å². The molecule has 1 heterocycles. The number of hydrogen-bond donors (Lipinski definition) is 0. The lowest BCUT2D eigenvalue weighted by Crippen LogP contribution is -2.29. The van der Waals surface area contributed by atoms with Crippen molar-refractivity contribution in [1.29, 1.82) is 0 Å². The summed E-state index contributed by atoms with van der Waals surface area (Å²) in [5.74, 6) is 0.987. The van der Waals surface area contributed by atoms with Gasteiger partial charge in [0.05, 0.1) is 6.54 Å². The Labute approximate surface area is 152 Å². The van der Waals surface area contributed by atoms with Gasteiger partial charge < -0.3 is 4.52 Å². The van der Waals surface area contributed by atoms with Crippen molar-refractivity contribution in [2.24, 2.45) is 0 Å². The van der Waals surface area contributed by atoms with E-state index in [2.05, 4.69) is 15.0 Å². The quantitative estimate of drug-likeness (QED) is 0.633. The van der Waals surface area contributed by atoms with E-state index >= 15 is 0 Å². The second kappa shape index (κ2) is 7.00. The van der Waals surface area contributed by atoms with Crippen LogP contribution >= 0.6 is 0 Å². The van der Waals surface area contributed by atoms with Crippen LogP contribution in [-0.2, 0) is 6.54 Å². The number of hydrogen-bond acceptors (Lipinski definition) is 4. The fourth-order valence-corrected chi connectivity index (χ4v) is 3.28. The standard InChI is InChI=1S/C21H22FN3O/c1-14-7-9-16(10-8-14)21-23-20(26-24-21)13-25(17-11-12-17)15(2)18-5-3-4-6-19(18)22/h3-10,15,17H,11-13H2,1-2H3/t15-/m0/s1. The molecule has 3 aromatic rings. The largest absolute Gasteiger partial charge is 0.338 e. The molecule has 0 aliphatic heterocycles. The third kappa shape index (κ3) is 3.53. The highest BCUT2D eigenvalue weighted by molar-refractivity contribution is 5.54. The molecule has 0 spiro atoms. The van der Waals surface area contributed by atoms with Gasteiger partial charge in [0.25, 0.3) is 0 Å². The first kappa shape index (κ1) is 16.9. The lowest BCUT2D eigenvalue weighted by atomic mass is 10.1. The minimum absolute atomic E-state index is 0.0431. The fraction of sp³-hybridized carbons (Fsp3) is 0.333. The minimum atomic E-state index is -0.170. The SMILES string of the molecule is Cc1ccc(-c2noc(CN(C3CC3)[C@@H](C)c3ccccc3F)n2)cc1. The van der Waals surface area contributed by atoms with Gasteiger partial charge in [-0.05, 0) is 32.8 Å². The zero-order chi connectivity index (χ0) is 18.1. The maximum absolute atomic E-state index is 14.2. The number of halogens is 1. The number of benzene rings is 2. The van der Waals surface area contributed by atoms with Crippen LogP contribution < -0.4 is 0 Å². The lowest BCUT2D eigenvalue weighted by Gasteiger charge is -2.28. The molecule has 1 saturated carbocycles. The lowest BCUT2D eigenvalue weighted by molar-refractivity contribution is 0.163. The minimum Gasteiger partial charge on any atom is -0.338 e. The molecule has 0 bridgehead atoms. The molecule has 5 heteroatoms. The molecule has 0 amide bonds. The van der Waals surface area contributed by atoms with Crippen molar-refractivity contribution in [2.75, 3.05) is 0 Å². The zero-order valence-electron chi connectivity index (χ0n) is 15.0. The molecular weight excluding hydrogens is 329 g/mol. The molecule has 1 aromatic heterocycles. The highest BCUT2D eigenvalue weighted by atomic mass is 19.1. The predicted molar refractivity (Wildman–Crippen MR) is 97.9 cm³/mol. The maximum atomic E-state index is 14.2. The molecule has 1 fully saturated rings. The number of aromatic nitrogens is 2. The summed E-state index contributed by atoms with van der Waals surface area (Å²) in [4.78, 5) is 6.80. The molecule has 0 N–H and O–H groups in total. The number of nitrogens with zero attached hydrogens (tertiary/aromatic N) is 3. The van der Waals surface area contributed by atoms with Gasteiger partial charge in [0.1, 0.15) is 5.82 Å². The van der Waals surface area contributed by atoms with Crippen molar-refractivity contribution in [3.63, 3.8) is 0 Å². The number of rotatable bonds is 6. The zero-order valence-corrected chi connectivity index (χ0v) is 15.0. The monoisotopic (exact) mass is 351 g/mol. The Hall–Kier alpha value is -2.53. The second-order valence-electron chi connectivity index (χ2n) is 6.98. The van der Waals surface area contributed by atoms with Crippen molar-refractivity contribution < 1.29 is 8.91 Å². The molecular formula is C21H22FN3O. The molecule has 1 aliphatic rings. The van der Waals surface area contributed by atoms with Gasteiger partial charge in [-0.25, -0.2) is 4.39 Å². The number of aryl methyl sites for hydroxylation is 1. The summed E-state index contributed by atoms with van der Waals surface area (Å²) in [6.45, 7) is 4.61. The first-order chi connectivity index (χ1) is 12.6. The summed E-state index contributed by atoms with van der Waals surface area (Å²) >= 11 is 0. The first-order valence-corrected chi connectivity index (χ1v) is 9.01. The Morgan fingerprint density at radius 1 is 1.15 bits per heavy atom. The Kier molecular flexibility index (Phi) is 4.55. The molecule has 4 rings (SSSR count). The topological polar surface area (TPSA) is 42.2 Å². The molecule has 4 nitrogen and oxygen atoms in total. The van der Waals surface area contributed by atoms with Crippen LogP contribution in [0.15, 0.2) is 53.1 Å². The van der Waals surface area contributed by atoms with Gasteiger partial charge in [-0.15, -0.1) is 0 Å². The Balaban J connectivity index is 1.54. The van der Waals surface area contributed by atoms with Gasteiger partial charge in [-0.2, -0.15) is 4.98 Å². The van der Waals surface area contributed by atoms with Crippen LogP contribution in [0.1, 0.15) is 42.8 Å². The Morgan fingerprint density at radius 3 is 2.58 bits per heavy atom. The van der Waals surface area contributed by atoms with E-state index in [0.717, 1.165) is 18.4 Å². The molecule has 2 aromatic carbocycles. The van der Waals surface area contributed by atoms with E-state index in [1.165, 1.54) is 11.6 Å². The summed E-state index contributed by atoms with van der Waals surface area (Å²) in [6, 6.07) is 15.4. The molecule has 26 heavy (non-hydrogen) atoms. The smallest absolute Gasteiger partial charge is 0.241 e. The van der Waals surface area contributed by atoms with Gasteiger partial charge in [0, 0.05) is 23.2 Å². The van der Waals surface area contributed by atoms with E-state index in [4.69, 9.17) is 4.52 Å². The van der Waals surface area contributed by atoms with Crippen LogP contribution in [0, 0.1) is 12.7 Å². The molecule has 134 valence electrons. The van der Waals surface area contributed by atoms with Gasteiger partial charge in [-0.3, -0.25) is 4.90 Å². The third-order valence-electron chi connectivity index (χ3n) is 4.96. The first-order valence-electron chi connectivity index (χ1n) is 9.01. The van der Waals surface area contributed by atoms with Gasteiger partial charge in [0.15, 0.2) is 0 Å². The molecule has 0 unspecified atom stereocenters. The molecule has 1 atom stereocenters. The van der Waals surface area contributed by atoms with Gasteiger partial charge in [0.2, 0.25) is 11.7 Å². The summed E-state index contributed by atoms with van der Waals surface area (Å²) in [6.07, 6.45) is 2.25. The van der Waals surface area contributed by atoms with Crippen molar-refractivity contribution in [1.82, 2.24) is 15.0 Å². The van der Waals surface area contributed by atoms with Crippen LogP contribution in [0.2, 0.25) is 0 Å². The molecule has 0 radical (unpaired) electrons. The van der Waals surface area contributed by atoms with Crippen molar-refractivity contribution >= 4 is 0 Å². The van der Waals surface area contributed by atoms with E-state index in [1.807, 2.05) is 50.2 Å². The van der Waals surface area contributed by atoms with Crippen LogP contribution in [0.4, 0.5) is 4.39 Å². The van der Waals surface area contributed by atoms with Crippen molar-refractivity contribution in [3.05, 3.63) is 71.4 Å². The average molecular weight is 351 g/mol. The summed E-state index contributed by atoms with van der Waals surface area (Å²) < 4.78 is 19.7. The van der Waals surface area contributed by atoms with Crippen LogP contribution in [0.3, 0.4) is 0 Å². The van der Waals surface area contributed by atoms with Crippen molar-refractivity contribution in [3.8, 4) is 11.4 Å². The van der Waals surface area contributed by atoms with E-state index in [1.54, 1.807) is 6.07 Å². The van der Waals surface area contributed by atoms with E-state index in [-0.39, 0.29) is 11.9 Å². The van der Waals surface area contributed by atoms with Gasteiger partial charge >= 0.3 is 0 Å². The van der Waals surface area contributed by atoms with Crippen LogP contribution in [0.5, 0.6) is 0 Å². The predicted octanol–water partition coefficient (Wildman–Crippen LogP) is 4.91. The average Bonchev–Trinajstić information content (AvgIpc) is 3.38. The second-order valence-corrected chi connectivity index (χ2v) is 6.98. The molecule has 0 saturated heterocycles. The van der Waals surface area contributed by atoms with E-state index in [0.29, 0.717) is 29.9 Å². The Morgan fingerprint density at radius 2 is 1.88 bits per heavy atom. The van der Waals surface area contributed by atoms with E-state index in [9.17, 15) is 4.39 Å².